The first-order valence-corrected chi connectivity index (χ1v) is 11.2. The lowest BCUT2D eigenvalue weighted by atomic mass is 10.2. The number of anilines is 2. The fourth-order valence-corrected chi connectivity index (χ4v) is 3.45. The standard InChI is InChI=1S/C20H19N5O7S/c1-32-17-5-3-14(4-6-17)22-19(26)12-24-11-15(10-21-24)23-20(27)13-7-16(25(28)29)9-18(8-13)33(2,30)31/h3-11H,12H2,1-2H3,(H,22,26)(H,23,27). The minimum atomic E-state index is -3.78. The lowest BCUT2D eigenvalue weighted by molar-refractivity contribution is -0.385. The van der Waals surface area contributed by atoms with E-state index in [0.29, 0.717) is 11.4 Å². The van der Waals surface area contributed by atoms with Crippen molar-refractivity contribution in [3.8, 4) is 5.75 Å². The Labute approximate surface area is 188 Å². The Morgan fingerprint density at radius 1 is 1.12 bits per heavy atom. The number of nitrogens with zero attached hydrogens (tertiary/aromatic N) is 3. The Hall–Kier alpha value is -4.26. The number of hydrogen-bond acceptors (Lipinski definition) is 8. The summed E-state index contributed by atoms with van der Waals surface area (Å²) in [7, 11) is -2.25. The molecule has 0 fully saturated rings. The highest BCUT2D eigenvalue weighted by Gasteiger charge is 2.19. The SMILES string of the molecule is COc1ccc(NC(=O)Cn2cc(NC(=O)c3cc([N+](=O)[O-])cc(S(C)(=O)=O)c3)cn2)cc1. The van der Waals surface area contributed by atoms with Gasteiger partial charge in [0.1, 0.15) is 12.3 Å². The second-order valence-corrected chi connectivity index (χ2v) is 8.92. The Morgan fingerprint density at radius 3 is 2.42 bits per heavy atom. The minimum absolute atomic E-state index is 0.142. The molecule has 0 aliphatic heterocycles. The van der Waals surface area contributed by atoms with Crippen molar-refractivity contribution >= 4 is 38.7 Å². The molecule has 0 bridgehead atoms. The zero-order valence-corrected chi connectivity index (χ0v) is 18.3. The van der Waals surface area contributed by atoms with Gasteiger partial charge in [0, 0.05) is 35.8 Å². The molecule has 13 heteroatoms. The molecule has 0 spiro atoms. The minimum Gasteiger partial charge on any atom is -0.497 e. The summed E-state index contributed by atoms with van der Waals surface area (Å²) in [6.45, 7) is -0.142. The molecule has 0 radical (unpaired) electrons. The number of hydrogen-bond donors (Lipinski definition) is 2. The molecule has 0 saturated heterocycles. The Bertz CT molecular complexity index is 1320. The van der Waals surface area contributed by atoms with Crippen LogP contribution in [0.2, 0.25) is 0 Å². The van der Waals surface area contributed by atoms with E-state index >= 15 is 0 Å². The fourth-order valence-electron chi connectivity index (χ4n) is 2.77. The first kappa shape index (κ1) is 23.4. The zero-order chi connectivity index (χ0) is 24.2. The monoisotopic (exact) mass is 473 g/mol. The van der Waals surface area contributed by atoms with Crippen LogP contribution in [0.25, 0.3) is 0 Å². The molecule has 0 aliphatic rings. The van der Waals surface area contributed by atoms with Gasteiger partial charge < -0.3 is 15.4 Å². The highest BCUT2D eigenvalue weighted by Crippen LogP contribution is 2.22. The zero-order valence-electron chi connectivity index (χ0n) is 17.5. The molecular weight excluding hydrogens is 454 g/mol. The van der Waals surface area contributed by atoms with Crippen molar-refractivity contribution in [2.75, 3.05) is 24.0 Å². The average molecular weight is 473 g/mol. The van der Waals surface area contributed by atoms with Gasteiger partial charge in [-0.25, -0.2) is 8.42 Å². The Kier molecular flexibility index (Phi) is 6.72. The molecule has 0 aliphatic carbocycles. The number of non-ortho nitro benzene ring substituents is 1. The summed E-state index contributed by atoms with van der Waals surface area (Å²) < 4.78 is 29.9. The maximum absolute atomic E-state index is 12.5. The summed E-state index contributed by atoms with van der Waals surface area (Å²) in [6, 6.07) is 9.64. The summed E-state index contributed by atoms with van der Waals surface area (Å²) in [5, 5.41) is 20.3. The quantitative estimate of drug-likeness (QED) is 0.371. The third-order valence-corrected chi connectivity index (χ3v) is 5.45. The first-order chi connectivity index (χ1) is 15.5. The van der Waals surface area contributed by atoms with Gasteiger partial charge in [0.25, 0.3) is 11.6 Å². The number of amides is 2. The van der Waals surface area contributed by atoms with Crippen LogP contribution in [0.5, 0.6) is 5.75 Å². The van der Waals surface area contributed by atoms with Gasteiger partial charge >= 0.3 is 0 Å². The van der Waals surface area contributed by atoms with Gasteiger partial charge in [-0.2, -0.15) is 5.10 Å². The average Bonchev–Trinajstić information content (AvgIpc) is 3.19. The third kappa shape index (κ3) is 6.13. The van der Waals surface area contributed by atoms with E-state index in [-0.39, 0.29) is 28.6 Å². The summed E-state index contributed by atoms with van der Waals surface area (Å²) in [5.41, 5.74) is 0.0297. The van der Waals surface area contributed by atoms with E-state index in [0.717, 1.165) is 24.5 Å². The predicted octanol–water partition coefficient (Wildman–Crippen LogP) is 2.09. The molecule has 1 aromatic heterocycles. The number of nitrogens with one attached hydrogen (secondary N) is 2. The van der Waals surface area contributed by atoms with Gasteiger partial charge in [-0.15, -0.1) is 0 Å². The fraction of sp³-hybridized carbons (Fsp3) is 0.150. The van der Waals surface area contributed by atoms with Crippen LogP contribution >= 0.6 is 0 Å². The second kappa shape index (κ2) is 9.48. The molecule has 172 valence electrons. The number of carbonyl (C=O) groups is 2. The number of methoxy groups -OCH3 is 1. The van der Waals surface area contributed by atoms with Crippen LogP contribution in [0, 0.1) is 10.1 Å². The van der Waals surface area contributed by atoms with Gasteiger partial charge in [-0.1, -0.05) is 0 Å². The summed E-state index contributed by atoms with van der Waals surface area (Å²) in [5.74, 6) is -0.490. The van der Waals surface area contributed by atoms with Gasteiger partial charge in [0.05, 0.1) is 28.8 Å². The van der Waals surface area contributed by atoms with E-state index in [2.05, 4.69) is 15.7 Å². The molecule has 33 heavy (non-hydrogen) atoms. The molecule has 0 unspecified atom stereocenters. The molecular formula is C20H19N5O7S. The molecule has 12 nitrogen and oxygen atoms in total. The van der Waals surface area contributed by atoms with Crippen molar-refractivity contribution in [2.45, 2.75) is 11.4 Å². The van der Waals surface area contributed by atoms with Crippen LogP contribution in [0.15, 0.2) is 59.8 Å². The van der Waals surface area contributed by atoms with Crippen LogP contribution in [-0.4, -0.2) is 48.3 Å². The lowest BCUT2D eigenvalue weighted by Gasteiger charge is -2.07. The molecule has 0 saturated carbocycles. The van der Waals surface area contributed by atoms with Crippen molar-refractivity contribution in [1.29, 1.82) is 0 Å². The lowest BCUT2D eigenvalue weighted by Crippen LogP contribution is -2.19. The highest BCUT2D eigenvalue weighted by molar-refractivity contribution is 7.90. The molecule has 1 heterocycles. The number of sulfone groups is 1. The predicted molar refractivity (Wildman–Crippen MR) is 118 cm³/mol. The number of benzene rings is 2. The molecule has 2 N–H and O–H groups in total. The molecule has 2 aromatic carbocycles. The van der Waals surface area contributed by atoms with E-state index in [9.17, 15) is 28.1 Å². The number of carbonyl (C=O) groups excluding carboxylic acids is 2. The molecule has 3 rings (SSSR count). The van der Waals surface area contributed by atoms with Crippen LogP contribution < -0.4 is 15.4 Å². The van der Waals surface area contributed by atoms with E-state index in [4.69, 9.17) is 4.74 Å². The second-order valence-electron chi connectivity index (χ2n) is 6.90. The van der Waals surface area contributed by atoms with E-state index in [1.807, 2.05) is 0 Å². The maximum atomic E-state index is 12.5. The van der Waals surface area contributed by atoms with Crippen molar-refractivity contribution in [1.82, 2.24) is 9.78 Å². The topological polar surface area (TPSA) is 163 Å². The van der Waals surface area contributed by atoms with Crippen molar-refractivity contribution in [3.05, 3.63) is 70.5 Å². The van der Waals surface area contributed by atoms with Crippen LogP contribution in [0.1, 0.15) is 10.4 Å². The summed E-state index contributed by atoms with van der Waals surface area (Å²) in [4.78, 5) is 34.7. The van der Waals surface area contributed by atoms with Crippen LogP contribution in [-0.2, 0) is 21.2 Å². The van der Waals surface area contributed by atoms with Gasteiger partial charge in [-0.05, 0) is 30.3 Å². The van der Waals surface area contributed by atoms with Crippen molar-refractivity contribution in [2.24, 2.45) is 0 Å². The van der Waals surface area contributed by atoms with E-state index < -0.39 is 26.4 Å². The molecule has 2 amide bonds. The maximum Gasteiger partial charge on any atom is 0.271 e. The number of aromatic nitrogens is 2. The Balaban J connectivity index is 1.68. The normalized spacial score (nSPS) is 11.0. The molecule has 3 aromatic rings. The smallest absolute Gasteiger partial charge is 0.271 e. The largest absolute Gasteiger partial charge is 0.497 e. The molecule has 0 atom stereocenters. The number of nitro benzene ring substituents is 1. The number of rotatable bonds is 8. The summed E-state index contributed by atoms with van der Waals surface area (Å²) >= 11 is 0. The van der Waals surface area contributed by atoms with E-state index in [1.165, 1.54) is 24.2 Å². The highest BCUT2D eigenvalue weighted by atomic mass is 32.2. The van der Waals surface area contributed by atoms with Gasteiger partial charge in [-0.3, -0.25) is 24.4 Å². The third-order valence-electron chi connectivity index (χ3n) is 4.36. The Morgan fingerprint density at radius 2 is 1.82 bits per heavy atom. The number of nitro groups is 1. The van der Waals surface area contributed by atoms with Crippen LogP contribution in [0.3, 0.4) is 0 Å². The van der Waals surface area contributed by atoms with Gasteiger partial charge in [0.2, 0.25) is 5.91 Å². The van der Waals surface area contributed by atoms with Crippen molar-refractivity contribution < 1.29 is 27.7 Å². The van der Waals surface area contributed by atoms with Crippen molar-refractivity contribution in [3.63, 3.8) is 0 Å². The van der Waals surface area contributed by atoms with E-state index in [1.54, 1.807) is 24.3 Å². The van der Waals surface area contributed by atoms with Crippen LogP contribution in [0.4, 0.5) is 17.1 Å². The number of ether oxygens (including phenoxy) is 1. The summed E-state index contributed by atoms with van der Waals surface area (Å²) in [6.07, 6.45) is 3.56. The van der Waals surface area contributed by atoms with Gasteiger partial charge in [0.15, 0.2) is 9.84 Å². The first-order valence-electron chi connectivity index (χ1n) is 9.32.